The Kier molecular flexibility index (Phi) is 4.44. The molecule has 1 fully saturated rings. The molecule has 1 aliphatic rings. The Balaban J connectivity index is 1.81. The van der Waals surface area contributed by atoms with Gasteiger partial charge < -0.3 is 15.1 Å². The number of urea groups is 1. The van der Waals surface area contributed by atoms with E-state index in [0.29, 0.717) is 11.6 Å². The van der Waals surface area contributed by atoms with Crippen LogP contribution in [-0.2, 0) is 6.54 Å². The van der Waals surface area contributed by atoms with E-state index in [4.69, 9.17) is 11.6 Å². The Hall–Kier alpha value is -1.26. The van der Waals surface area contributed by atoms with Crippen molar-refractivity contribution in [3.05, 3.63) is 34.9 Å². The molecule has 0 aliphatic carbocycles. The van der Waals surface area contributed by atoms with Crippen LogP contribution >= 0.6 is 11.6 Å². The fraction of sp³-hybridized carbons (Fsp3) is 0.462. The van der Waals surface area contributed by atoms with E-state index in [2.05, 4.69) is 17.3 Å². The van der Waals surface area contributed by atoms with Gasteiger partial charge in [-0.1, -0.05) is 23.7 Å². The van der Waals surface area contributed by atoms with Crippen LogP contribution in [0.5, 0.6) is 0 Å². The van der Waals surface area contributed by atoms with Crippen molar-refractivity contribution >= 4 is 17.6 Å². The summed E-state index contributed by atoms with van der Waals surface area (Å²) in [4.78, 5) is 16.0. The third-order valence-electron chi connectivity index (χ3n) is 3.12. The second-order valence-electron chi connectivity index (χ2n) is 4.58. The zero-order chi connectivity index (χ0) is 13.0. The van der Waals surface area contributed by atoms with Gasteiger partial charge in [0.15, 0.2) is 0 Å². The predicted molar refractivity (Wildman–Crippen MR) is 72.8 cm³/mol. The summed E-state index contributed by atoms with van der Waals surface area (Å²) in [6.45, 7) is 3.97. The molecule has 1 aromatic carbocycles. The first-order valence-electron chi connectivity index (χ1n) is 6.11. The third-order valence-corrected chi connectivity index (χ3v) is 3.36. The second-order valence-corrected chi connectivity index (χ2v) is 5.02. The van der Waals surface area contributed by atoms with Gasteiger partial charge in [0, 0.05) is 37.7 Å². The van der Waals surface area contributed by atoms with Gasteiger partial charge in [0.05, 0.1) is 0 Å². The Bertz CT molecular complexity index is 416. The number of benzene rings is 1. The fourth-order valence-electron chi connectivity index (χ4n) is 1.95. The van der Waals surface area contributed by atoms with Crippen LogP contribution < -0.4 is 5.32 Å². The minimum absolute atomic E-state index is 0.00285. The van der Waals surface area contributed by atoms with Crippen LogP contribution in [0.15, 0.2) is 24.3 Å². The number of halogens is 1. The second kappa shape index (κ2) is 6.07. The average molecular weight is 268 g/mol. The van der Waals surface area contributed by atoms with Crippen LogP contribution in [0.1, 0.15) is 5.56 Å². The molecule has 1 heterocycles. The summed E-state index contributed by atoms with van der Waals surface area (Å²) >= 11 is 5.90. The molecule has 4 nitrogen and oxygen atoms in total. The van der Waals surface area contributed by atoms with Gasteiger partial charge >= 0.3 is 6.03 Å². The molecule has 0 saturated carbocycles. The summed E-state index contributed by atoms with van der Waals surface area (Å²) in [5, 5.41) is 3.62. The zero-order valence-electron chi connectivity index (χ0n) is 10.5. The van der Waals surface area contributed by atoms with Gasteiger partial charge in [-0.2, -0.15) is 0 Å². The fourth-order valence-corrected chi connectivity index (χ4v) is 2.16. The first kappa shape index (κ1) is 13.2. The maximum Gasteiger partial charge on any atom is 0.317 e. The van der Waals surface area contributed by atoms with Crippen LogP contribution in [-0.4, -0.2) is 49.1 Å². The van der Waals surface area contributed by atoms with E-state index in [0.717, 1.165) is 31.7 Å². The van der Waals surface area contributed by atoms with Crippen molar-refractivity contribution in [3.63, 3.8) is 0 Å². The SMILES string of the molecule is CN1CCN(C(=O)NCc2cccc(Cl)c2)CC1. The highest BCUT2D eigenvalue weighted by Crippen LogP contribution is 2.10. The number of carbonyl (C=O) groups excluding carboxylic acids is 1. The van der Waals surface area contributed by atoms with Crippen molar-refractivity contribution in [1.29, 1.82) is 0 Å². The lowest BCUT2D eigenvalue weighted by atomic mass is 10.2. The molecule has 0 atom stereocenters. The summed E-state index contributed by atoms with van der Waals surface area (Å²) in [6.07, 6.45) is 0. The van der Waals surface area contributed by atoms with Crippen molar-refractivity contribution in [1.82, 2.24) is 15.1 Å². The molecule has 1 saturated heterocycles. The normalized spacial score (nSPS) is 16.7. The molecule has 5 heteroatoms. The highest BCUT2D eigenvalue weighted by atomic mass is 35.5. The topological polar surface area (TPSA) is 35.6 Å². The number of carbonyl (C=O) groups is 1. The molecule has 0 unspecified atom stereocenters. The van der Waals surface area contributed by atoms with E-state index in [-0.39, 0.29) is 6.03 Å². The van der Waals surface area contributed by atoms with Gasteiger partial charge in [-0.25, -0.2) is 4.79 Å². The van der Waals surface area contributed by atoms with E-state index in [1.54, 1.807) is 0 Å². The van der Waals surface area contributed by atoms with Gasteiger partial charge in [0.2, 0.25) is 0 Å². The third kappa shape index (κ3) is 3.62. The molecule has 1 N–H and O–H groups in total. The minimum atomic E-state index is 0.00285. The van der Waals surface area contributed by atoms with Crippen LogP contribution in [0.25, 0.3) is 0 Å². The molecule has 0 aromatic heterocycles. The monoisotopic (exact) mass is 267 g/mol. The highest BCUT2D eigenvalue weighted by molar-refractivity contribution is 6.30. The summed E-state index contributed by atoms with van der Waals surface area (Å²) in [5.74, 6) is 0. The van der Waals surface area contributed by atoms with E-state index in [1.165, 1.54) is 0 Å². The van der Waals surface area contributed by atoms with Crippen LogP contribution in [0.3, 0.4) is 0 Å². The smallest absolute Gasteiger partial charge is 0.317 e. The summed E-state index contributed by atoms with van der Waals surface area (Å²) in [7, 11) is 2.07. The maximum absolute atomic E-state index is 11.9. The Morgan fingerprint density at radius 2 is 2.06 bits per heavy atom. The number of amides is 2. The number of nitrogens with one attached hydrogen (secondary N) is 1. The molecule has 1 aliphatic heterocycles. The summed E-state index contributed by atoms with van der Waals surface area (Å²) < 4.78 is 0. The Labute approximate surface area is 113 Å². The average Bonchev–Trinajstić information content (AvgIpc) is 2.37. The van der Waals surface area contributed by atoms with E-state index < -0.39 is 0 Å². The largest absolute Gasteiger partial charge is 0.334 e. The van der Waals surface area contributed by atoms with Crippen LogP contribution in [0.4, 0.5) is 4.79 Å². The van der Waals surface area contributed by atoms with Crippen LogP contribution in [0.2, 0.25) is 5.02 Å². The molecule has 0 spiro atoms. The number of likely N-dealkylation sites (N-methyl/N-ethyl adjacent to an activating group) is 1. The number of hydrogen-bond donors (Lipinski definition) is 1. The van der Waals surface area contributed by atoms with Crippen molar-refractivity contribution in [3.8, 4) is 0 Å². The Morgan fingerprint density at radius 3 is 2.72 bits per heavy atom. The minimum Gasteiger partial charge on any atom is -0.334 e. The number of nitrogens with zero attached hydrogens (tertiary/aromatic N) is 2. The molecule has 2 amide bonds. The maximum atomic E-state index is 11.9. The van der Waals surface area contributed by atoms with E-state index in [9.17, 15) is 4.79 Å². The van der Waals surface area contributed by atoms with Gasteiger partial charge in [-0.3, -0.25) is 0 Å². The lowest BCUT2D eigenvalue weighted by molar-refractivity contribution is 0.154. The first-order valence-corrected chi connectivity index (χ1v) is 6.49. The standard InChI is InChI=1S/C13H18ClN3O/c1-16-5-7-17(8-6-16)13(18)15-10-11-3-2-4-12(14)9-11/h2-4,9H,5-8,10H2,1H3,(H,15,18). The molecule has 0 radical (unpaired) electrons. The summed E-state index contributed by atoms with van der Waals surface area (Å²) in [5.41, 5.74) is 1.02. The Morgan fingerprint density at radius 1 is 1.33 bits per heavy atom. The molecule has 18 heavy (non-hydrogen) atoms. The van der Waals surface area contributed by atoms with E-state index >= 15 is 0 Å². The molecule has 98 valence electrons. The van der Waals surface area contributed by atoms with Crippen LogP contribution in [0, 0.1) is 0 Å². The molecular formula is C13H18ClN3O. The van der Waals surface area contributed by atoms with Gasteiger partial charge in [0.1, 0.15) is 0 Å². The van der Waals surface area contributed by atoms with Gasteiger partial charge in [-0.05, 0) is 24.7 Å². The zero-order valence-corrected chi connectivity index (χ0v) is 11.3. The molecule has 0 bridgehead atoms. The quantitative estimate of drug-likeness (QED) is 0.887. The molecular weight excluding hydrogens is 250 g/mol. The van der Waals surface area contributed by atoms with Crippen molar-refractivity contribution in [2.45, 2.75) is 6.54 Å². The molecule has 1 aromatic rings. The predicted octanol–water partition coefficient (Wildman–Crippen LogP) is 1.80. The molecule has 2 rings (SSSR count). The van der Waals surface area contributed by atoms with Crippen molar-refractivity contribution in [2.75, 3.05) is 33.2 Å². The first-order chi connectivity index (χ1) is 8.65. The number of rotatable bonds is 2. The highest BCUT2D eigenvalue weighted by Gasteiger charge is 2.18. The number of hydrogen-bond acceptors (Lipinski definition) is 2. The lowest BCUT2D eigenvalue weighted by Crippen LogP contribution is -2.50. The van der Waals surface area contributed by atoms with Gasteiger partial charge in [-0.15, -0.1) is 0 Å². The van der Waals surface area contributed by atoms with Gasteiger partial charge in [0.25, 0.3) is 0 Å². The van der Waals surface area contributed by atoms with Crippen molar-refractivity contribution < 1.29 is 4.79 Å². The number of piperazine rings is 1. The summed E-state index contributed by atoms with van der Waals surface area (Å²) in [6, 6.07) is 7.54. The lowest BCUT2D eigenvalue weighted by Gasteiger charge is -2.32. The van der Waals surface area contributed by atoms with E-state index in [1.807, 2.05) is 29.2 Å². The van der Waals surface area contributed by atoms with Crippen molar-refractivity contribution in [2.24, 2.45) is 0 Å².